The van der Waals surface area contributed by atoms with Gasteiger partial charge in [0, 0.05) is 25.5 Å². The number of aryl methyl sites for hydroxylation is 2. The monoisotopic (exact) mass is 351 g/mol. The lowest BCUT2D eigenvalue weighted by atomic mass is 10.2. The van der Waals surface area contributed by atoms with Crippen molar-refractivity contribution < 1.29 is 19.5 Å². The Hall–Kier alpha value is -2.48. The summed E-state index contributed by atoms with van der Waals surface area (Å²) >= 11 is 1.39. The molecule has 2 aromatic heterocycles. The number of hydrogen-bond donors (Lipinski definition) is 2. The average Bonchev–Trinajstić information content (AvgIpc) is 3.14. The minimum atomic E-state index is -0.250. The summed E-state index contributed by atoms with van der Waals surface area (Å²) in [4.78, 5) is 36.2. The van der Waals surface area contributed by atoms with Crippen LogP contribution in [0.15, 0.2) is 23.8 Å². The van der Waals surface area contributed by atoms with E-state index in [1.165, 1.54) is 18.3 Å². The molecular weight excluding hydrogens is 330 g/mol. The number of ketones is 1. The molecule has 0 aliphatic carbocycles. The van der Waals surface area contributed by atoms with Crippen molar-refractivity contribution in [1.82, 2.24) is 14.9 Å². The lowest BCUT2D eigenvalue weighted by Gasteiger charge is -2.06. The summed E-state index contributed by atoms with van der Waals surface area (Å²) in [7, 11) is 0. The Morgan fingerprint density at radius 2 is 2.17 bits per heavy atom. The van der Waals surface area contributed by atoms with Crippen LogP contribution in [0, 0.1) is 6.92 Å². The van der Waals surface area contributed by atoms with Gasteiger partial charge in [0.2, 0.25) is 5.91 Å². The van der Waals surface area contributed by atoms with E-state index in [4.69, 9.17) is 9.90 Å². The molecule has 0 spiro atoms. The molecule has 0 bridgehead atoms. The molecule has 2 heterocycles. The normalized spacial score (nSPS) is 9.75. The number of hydrogen-bond acceptors (Lipinski definition) is 5. The molecule has 8 heteroatoms. The Morgan fingerprint density at radius 1 is 1.46 bits per heavy atom. The van der Waals surface area contributed by atoms with Gasteiger partial charge in [0.15, 0.2) is 5.78 Å². The molecule has 0 aromatic carbocycles. The fourth-order valence-electron chi connectivity index (χ4n) is 2.02. The molecule has 2 rings (SSSR count). The van der Waals surface area contributed by atoms with E-state index in [0.29, 0.717) is 17.8 Å². The molecule has 0 unspecified atom stereocenters. The van der Waals surface area contributed by atoms with Crippen molar-refractivity contribution in [3.05, 3.63) is 40.1 Å². The molecule has 0 fully saturated rings. The Kier molecular flexibility index (Phi) is 8.42. The van der Waals surface area contributed by atoms with Crippen molar-refractivity contribution in [3.8, 4) is 0 Å². The number of imidazole rings is 1. The summed E-state index contributed by atoms with van der Waals surface area (Å²) in [5.41, 5.74) is 0.896. The Labute approximate surface area is 144 Å². The summed E-state index contributed by atoms with van der Waals surface area (Å²) in [5, 5.41) is 11.7. The second-order valence-electron chi connectivity index (χ2n) is 5.03. The minimum absolute atomic E-state index is 0.00902. The zero-order valence-electron chi connectivity index (χ0n) is 13.7. The van der Waals surface area contributed by atoms with E-state index in [-0.39, 0.29) is 18.2 Å². The van der Waals surface area contributed by atoms with Gasteiger partial charge in [-0.25, -0.2) is 4.98 Å². The second kappa shape index (κ2) is 10.3. The number of Topliss-reactive ketones (excluding diaryl/α,β-unsaturated/α-hetero) is 1. The third-order valence-electron chi connectivity index (χ3n) is 3.19. The number of rotatable bonds is 7. The van der Waals surface area contributed by atoms with Crippen LogP contribution in [0.1, 0.15) is 34.4 Å². The van der Waals surface area contributed by atoms with E-state index in [2.05, 4.69) is 14.9 Å². The predicted molar refractivity (Wildman–Crippen MR) is 91.3 cm³/mol. The summed E-state index contributed by atoms with van der Waals surface area (Å²) in [6.07, 6.45) is 4.90. The zero-order chi connectivity index (χ0) is 17.9. The van der Waals surface area contributed by atoms with Crippen LogP contribution in [-0.4, -0.2) is 39.4 Å². The van der Waals surface area contributed by atoms with Crippen LogP contribution < -0.4 is 5.32 Å². The van der Waals surface area contributed by atoms with Crippen LogP contribution in [0.4, 0.5) is 0 Å². The number of carbonyl (C=O) groups excluding carboxylic acids is 2. The van der Waals surface area contributed by atoms with E-state index >= 15 is 0 Å². The number of carboxylic acid groups (broad SMARTS) is 1. The Bertz CT molecular complexity index is 678. The van der Waals surface area contributed by atoms with Crippen molar-refractivity contribution in [1.29, 1.82) is 0 Å². The number of nitrogens with zero attached hydrogens (tertiary/aromatic N) is 2. The van der Waals surface area contributed by atoms with E-state index in [9.17, 15) is 9.59 Å². The highest BCUT2D eigenvalue weighted by atomic mass is 32.1. The molecule has 2 N–H and O–H groups in total. The number of thiophene rings is 1. The molecule has 0 aliphatic heterocycles. The molecule has 0 aliphatic rings. The Balaban J connectivity index is 0.000000891. The first-order chi connectivity index (χ1) is 11.5. The number of aromatic nitrogens is 2. The molecule has 2 aromatic rings. The van der Waals surface area contributed by atoms with Crippen LogP contribution >= 0.6 is 11.3 Å². The number of carbonyl (C=O) groups is 3. The van der Waals surface area contributed by atoms with Crippen LogP contribution in [-0.2, 0) is 22.6 Å². The molecule has 0 saturated carbocycles. The fourth-order valence-corrected chi connectivity index (χ4v) is 2.83. The van der Waals surface area contributed by atoms with Crippen molar-refractivity contribution in [2.45, 2.75) is 33.2 Å². The molecule has 24 heavy (non-hydrogen) atoms. The van der Waals surface area contributed by atoms with Crippen LogP contribution in [0.2, 0.25) is 0 Å². The molecule has 0 saturated heterocycles. The maximum Gasteiger partial charge on any atom is 0.290 e. The fraction of sp³-hybridized carbons (Fsp3) is 0.375. The third kappa shape index (κ3) is 6.74. The van der Waals surface area contributed by atoms with Gasteiger partial charge in [-0.2, -0.15) is 0 Å². The maximum atomic E-state index is 11.8. The maximum absolute atomic E-state index is 11.8. The van der Waals surface area contributed by atoms with Gasteiger partial charge in [-0.15, -0.1) is 11.3 Å². The van der Waals surface area contributed by atoms with Gasteiger partial charge in [-0.1, -0.05) is 0 Å². The van der Waals surface area contributed by atoms with E-state index in [1.54, 1.807) is 12.3 Å². The van der Waals surface area contributed by atoms with Gasteiger partial charge >= 0.3 is 0 Å². The Morgan fingerprint density at radius 3 is 2.71 bits per heavy atom. The lowest BCUT2D eigenvalue weighted by molar-refractivity contribution is -0.123. The lowest BCUT2D eigenvalue weighted by Crippen LogP contribution is -2.26. The molecule has 1 amide bonds. The van der Waals surface area contributed by atoms with Crippen LogP contribution in [0.3, 0.4) is 0 Å². The predicted octanol–water partition coefficient (Wildman–Crippen LogP) is 1.91. The summed E-state index contributed by atoms with van der Waals surface area (Å²) < 4.78 is 2.06. The summed E-state index contributed by atoms with van der Waals surface area (Å²) in [6.45, 7) is 4.73. The van der Waals surface area contributed by atoms with E-state index in [1.807, 2.05) is 18.5 Å². The second-order valence-corrected chi connectivity index (χ2v) is 5.94. The highest BCUT2D eigenvalue weighted by Gasteiger charge is 2.08. The summed E-state index contributed by atoms with van der Waals surface area (Å²) in [5.74, 6) is 1.02. The SMILES string of the molecule is CC(=O)c1cc(CC(=O)NCCCn2ccnc2C)cs1.O=CO. The number of nitrogens with one attached hydrogen (secondary N) is 1. The number of amides is 1. The smallest absolute Gasteiger partial charge is 0.290 e. The van der Waals surface area contributed by atoms with Gasteiger partial charge in [0.1, 0.15) is 5.82 Å². The van der Waals surface area contributed by atoms with Gasteiger partial charge in [-0.05, 0) is 37.3 Å². The highest BCUT2D eigenvalue weighted by molar-refractivity contribution is 7.12. The standard InChI is InChI=1S/C15H19N3O2S.CH2O2/c1-11(19)14-8-13(10-21-14)9-15(20)17-4-3-6-18-7-5-16-12(18)2;2-1-3/h5,7-8,10H,3-4,6,9H2,1-2H3,(H,17,20);1H,(H,2,3). The quantitative estimate of drug-likeness (QED) is 0.451. The van der Waals surface area contributed by atoms with E-state index < -0.39 is 0 Å². The molecule has 7 nitrogen and oxygen atoms in total. The van der Waals surface area contributed by atoms with Crippen molar-refractivity contribution >= 4 is 29.5 Å². The zero-order valence-corrected chi connectivity index (χ0v) is 14.5. The molecular formula is C16H21N3O4S. The van der Waals surface area contributed by atoms with E-state index in [0.717, 1.165) is 24.4 Å². The minimum Gasteiger partial charge on any atom is -0.483 e. The topological polar surface area (TPSA) is 101 Å². The van der Waals surface area contributed by atoms with Gasteiger partial charge < -0.3 is 15.0 Å². The molecule has 0 atom stereocenters. The molecule has 0 radical (unpaired) electrons. The van der Waals surface area contributed by atoms with Gasteiger partial charge in [-0.3, -0.25) is 14.4 Å². The summed E-state index contributed by atoms with van der Waals surface area (Å²) in [6, 6.07) is 1.79. The van der Waals surface area contributed by atoms with Gasteiger partial charge in [0.05, 0.1) is 11.3 Å². The molecule has 130 valence electrons. The van der Waals surface area contributed by atoms with Crippen molar-refractivity contribution in [2.24, 2.45) is 0 Å². The first-order valence-corrected chi connectivity index (χ1v) is 8.26. The first-order valence-electron chi connectivity index (χ1n) is 7.38. The average molecular weight is 351 g/mol. The first kappa shape index (κ1) is 19.6. The van der Waals surface area contributed by atoms with Crippen molar-refractivity contribution in [2.75, 3.05) is 6.54 Å². The van der Waals surface area contributed by atoms with Gasteiger partial charge in [0.25, 0.3) is 6.47 Å². The van der Waals surface area contributed by atoms with Crippen LogP contribution in [0.25, 0.3) is 0 Å². The third-order valence-corrected chi connectivity index (χ3v) is 4.27. The largest absolute Gasteiger partial charge is 0.483 e. The van der Waals surface area contributed by atoms with Crippen molar-refractivity contribution in [3.63, 3.8) is 0 Å². The van der Waals surface area contributed by atoms with Crippen LogP contribution in [0.5, 0.6) is 0 Å². The highest BCUT2D eigenvalue weighted by Crippen LogP contribution is 2.15.